The average molecular weight is 883 g/mol. The number of allylic oxidation sites excluding steroid dienone is 10. The summed E-state index contributed by atoms with van der Waals surface area (Å²) in [7, 11) is 0. The van der Waals surface area contributed by atoms with Crippen LogP contribution in [0, 0.1) is 0 Å². The Bertz CT molecular complexity index is 1320. The van der Waals surface area contributed by atoms with E-state index < -0.39 is 99.3 Å². The maximum absolute atomic E-state index is 12.9. The molecule has 0 spiro atoms. The molecule has 2 fully saturated rings. The van der Waals surface area contributed by atoms with Crippen LogP contribution in [0.3, 0.4) is 0 Å². The van der Waals surface area contributed by atoms with Gasteiger partial charge in [0.25, 0.3) is 0 Å². The number of hydrogen-bond donors (Lipinski definition) is 7. The van der Waals surface area contributed by atoms with E-state index in [9.17, 15) is 45.3 Å². The molecule has 2 aliphatic heterocycles. The summed E-state index contributed by atoms with van der Waals surface area (Å²) in [6.07, 6.45) is 19.8. The minimum absolute atomic E-state index is 0.113. The van der Waals surface area contributed by atoms with Gasteiger partial charge >= 0.3 is 11.9 Å². The van der Waals surface area contributed by atoms with E-state index in [4.69, 9.17) is 28.4 Å². The fourth-order valence-corrected chi connectivity index (χ4v) is 6.75. The first-order valence-corrected chi connectivity index (χ1v) is 22.9. The Morgan fingerprint density at radius 1 is 0.532 bits per heavy atom. The number of carbonyl (C=O) groups excluding carboxylic acids is 2. The van der Waals surface area contributed by atoms with Gasteiger partial charge in [-0.15, -0.1) is 0 Å². The smallest absolute Gasteiger partial charge is 0.306 e. The Morgan fingerprint density at radius 2 is 1.03 bits per heavy atom. The monoisotopic (exact) mass is 883 g/mol. The highest BCUT2D eigenvalue weighted by Crippen LogP contribution is 2.26. The molecule has 0 aromatic heterocycles. The van der Waals surface area contributed by atoms with Crippen molar-refractivity contribution in [2.24, 2.45) is 0 Å². The third kappa shape index (κ3) is 23.2. The van der Waals surface area contributed by atoms with Crippen molar-refractivity contribution in [3.05, 3.63) is 60.8 Å². The molecule has 0 radical (unpaired) electrons. The van der Waals surface area contributed by atoms with Crippen LogP contribution in [0.1, 0.15) is 129 Å². The van der Waals surface area contributed by atoms with Crippen molar-refractivity contribution in [2.45, 2.75) is 197 Å². The number of rotatable bonds is 33. The van der Waals surface area contributed by atoms with Crippen LogP contribution in [0.4, 0.5) is 0 Å². The zero-order chi connectivity index (χ0) is 45.4. The largest absolute Gasteiger partial charge is 0.462 e. The first-order valence-electron chi connectivity index (χ1n) is 22.9. The molecule has 15 heteroatoms. The van der Waals surface area contributed by atoms with Crippen LogP contribution < -0.4 is 0 Å². The summed E-state index contributed by atoms with van der Waals surface area (Å²) in [5.41, 5.74) is 0. The van der Waals surface area contributed by atoms with E-state index >= 15 is 0 Å². The number of hydrogen-bond acceptors (Lipinski definition) is 15. The lowest BCUT2D eigenvalue weighted by Crippen LogP contribution is -2.61. The number of ether oxygens (including phenoxy) is 6. The predicted octanol–water partition coefficient (Wildman–Crippen LogP) is 4.92. The van der Waals surface area contributed by atoms with Crippen molar-refractivity contribution in [1.29, 1.82) is 0 Å². The van der Waals surface area contributed by atoms with Crippen LogP contribution >= 0.6 is 0 Å². The molecule has 0 aliphatic carbocycles. The molecule has 0 aromatic carbocycles. The van der Waals surface area contributed by atoms with Gasteiger partial charge in [-0.1, -0.05) is 120 Å². The lowest BCUT2D eigenvalue weighted by atomic mass is 9.98. The minimum Gasteiger partial charge on any atom is -0.462 e. The summed E-state index contributed by atoms with van der Waals surface area (Å²) in [5.74, 6) is -0.997. The minimum atomic E-state index is -1.78. The van der Waals surface area contributed by atoms with Gasteiger partial charge in [-0.3, -0.25) is 9.59 Å². The van der Waals surface area contributed by atoms with E-state index in [2.05, 4.69) is 38.2 Å². The van der Waals surface area contributed by atoms with Crippen molar-refractivity contribution in [3.8, 4) is 0 Å². The maximum atomic E-state index is 12.9. The SMILES string of the molecule is CC/C=C/C=C/C=C/C=C/CCCCCC(=O)OC(COC(=O)CCCCC/C=C/CCCCCCCC)CO[C@@H]1O[C@H](CO[C@@H]2O[C@H](CO)[C@H](O)C(O)C2O)[C@H](O)C(O)C1O. The molecule has 62 heavy (non-hydrogen) atoms. The van der Waals surface area contributed by atoms with E-state index in [1.807, 2.05) is 36.5 Å². The number of aliphatic hydroxyl groups excluding tert-OH is 7. The standard InChI is InChI=1S/C47H78O15/c1-3-5-7-9-11-13-15-17-19-21-23-25-27-29-38(49)57-32-35(60-39(50)30-28-26-24-22-20-18-16-14-12-10-8-6-4-2)33-58-46-45(56)43(54)41(52)37(62-46)34-59-47-44(55)42(53)40(51)36(31-48)61-47/h6,8,10,12,14,16-20,35-37,40-48,51-56H,3-5,7,9,11,13,15,21-34H2,1-2H3/b8-6+,12-10+,16-14+,19-17+,20-18+/t35?,36-,37-,40+,41+,42?,43?,44?,45?,46-,47-/m1/s1. The molecule has 7 N–H and O–H groups in total. The molecule has 0 amide bonds. The second-order valence-electron chi connectivity index (χ2n) is 15.9. The second kappa shape index (κ2) is 34.6. The molecule has 5 unspecified atom stereocenters. The van der Waals surface area contributed by atoms with E-state index in [0.717, 1.165) is 51.4 Å². The fourth-order valence-electron chi connectivity index (χ4n) is 6.75. The van der Waals surface area contributed by atoms with Crippen LogP contribution in [0.15, 0.2) is 60.8 Å². The number of esters is 2. The molecule has 2 saturated heterocycles. The van der Waals surface area contributed by atoms with Crippen LogP contribution in [-0.4, -0.2) is 142 Å². The van der Waals surface area contributed by atoms with Gasteiger partial charge in [-0.2, -0.15) is 0 Å². The second-order valence-corrected chi connectivity index (χ2v) is 15.9. The zero-order valence-corrected chi connectivity index (χ0v) is 37.1. The third-order valence-corrected chi connectivity index (χ3v) is 10.6. The van der Waals surface area contributed by atoms with Crippen molar-refractivity contribution >= 4 is 11.9 Å². The zero-order valence-electron chi connectivity index (χ0n) is 37.1. The van der Waals surface area contributed by atoms with Crippen molar-refractivity contribution < 1.29 is 73.8 Å². The topological polar surface area (TPSA) is 231 Å². The van der Waals surface area contributed by atoms with Gasteiger partial charge in [-0.05, 0) is 57.8 Å². The van der Waals surface area contributed by atoms with Crippen molar-refractivity contribution in [2.75, 3.05) is 26.4 Å². The fraction of sp³-hybridized carbons (Fsp3) is 0.745. The normalized spacial score (nSPS) is 27.6. The van der Waals surface area contributed by atoms with Crippen molar-refractivity contribution in [1.82, 2.24) is 0 Å². The van der Waals surface area contributed by atoms with Gasteiger partial charge in [0, 0.05) is 12.8 Å². The lowest BCUT2D eigenvalue weighted by molar-refractivity contribution is -0.332. The summed E-state index contributed by atoms with van der Waals surface area (Å²) in [6.45, 7) is 2.34. The van der Waals surface area contributed by atoms with Crippen LogP contribution in [0.5, 0.6) is 0 Å². The first kappa shape index (κ1) is 55.3. The molecule has 2 heterocycles. The molecule has 0 bridgehead atoms. The summed E-state index contributed by atoms with van der Waals surface area (Å²) in [4.78, 5) is 25.6. The van der Waals surface area contributed by atoms with E-state index in [1.165, 1.54) is 38.5 Å². The van der Waals surface area contributed by atoms with Crippen LogP contribution in [0.2, 0.25) is 0 Å². The molecule has 356 valence electrons. The quantitative estimate of drug-likeness (QED) is 0.0201. The Kier molecular flexibility index (Phi) is 30.9. The molecule has 0 saturated carbocycles. The van der Waals surface area contributed by atoms with E-state index in [1.54, 1.807) is 0 Å². The van der Waals surface area contributed by atoms with Gasteiger partial charge in [0.1, 0.15) is 55.4 Å². The van der Waals surface area contributed by atoms with E-state index in [-0.39, 0.29) is 19.4 Å². The Morgan fingerprint density at radius 3 is 1.65 bits per heavy atom. The summed E-state index contributed by atoms with van der Waals surface area (Å²) >= 11 is 0. The predicted molar refractivity (Wildman–Crippen MR) is 233 cm³/mol. The Labute approximate surface area is 369 Å². The highest BCUT2D eigenvalue weighted by atomic mass is 16.7. The van der Waals surface area contributed by atoms with Gasteiger partial charge in [0.15, 0.2) is 18.7 Å². The molecule has 0 aromatic rings. The molecule has 2 aliphatic rings. The third-order valence-electron chi connectivity index (χ3n) is 10.6. The molecular formula is C47H78O15. The highest BCUT2D eigenvalue weighted by Gasteiger charge is 2.47. The Balaban J connectivity index is 1.89. The van der Waals surface area contributed by atoms with Gasteiger partial charge in [-0.25, -0.2) is 0 Å². The maximum Gasteiger partial charge on any atom is 0.306 e. The van der Waals surface area contributed by atoms with Gasteiger partial charge in [0.2, 0.25) is 0 Å². The average Bonchev–Trinajstić information content (AvgIpc) is 3.26. The summed E-state index contributed by atoms with van der Waals surface area (Å²) < 4.78 is 33.4. The highest BCUT2D eigenvalue weighted by molar-refractivity contribution is 5.70. The molecule has 2 rings (SSSR count). The lowest BCUT2D eigenvalue weighted by Gasteiger charge is -2.42. The number of carbonyl (C=O) groups is 2. The molecule has 15 nitrogen and oxygen atoms in total. The summed E-state index contributed by atoms with van der Waals surface area (Å²) in [6, 6.07) is 0. The molecular weight excluding hydrogens is 805 g/mol. The first-order chi connectivity index (χ1) is 30.0. The van der Waals surface area contributed by atoms with Gasteiger partial charge in [0.05, 0.1) is 19.8 Å². The number of aliphatic hydroxyl groups is 7. The van der Waals surface area contributed by atoms with Crippen LogP contribution in [-0.2, 0) is 38.0 Å². The molecule has 11 atom stereocenters. The Hall–Kier alpha value is -2.80. The van der Waals surface area contributed by atoms with Crippen molar-refractivity contribution in [3.63, 3.8) is 0 Å². The van der Waals surface area contributed by atoms with Crippen LogP contribution in [0.25, 0.3) is 0 Å². The van der Waals surface area contributed by atoms with E-state index in [0.29, 0.717) is 12.8 Å². The number of unbranched alkanes of at least 4 members (excludes halogenated alkanes) is 12. The summed E-state index contributed by atoms with van der Waals surface area (Å²) in [5, 5.41) is 71.8. The van der Waals surface area contributed by atoms with Gasteiger partial charge < -0.3 is 64.2 Å².